The summed E-state index contributed by atoms with van der Waals surface area (Å²) in [6.07, 6.45) is 1.37. The molecule has 31 heavy (non-hydrogen) atoms. The van der Waals surface area contributed by atoms with Crippen LogP contribution in [-0.4, -0.2) is 50.4 Å². The lowest BCUT2D eigenvalue weighted by Crippen LogP contribution is -2.26. The second-order valence-corrected chi connectivity index (χ2v) is 8.34. The molecule has 1 amide bonds. The smallest absolute Gasteiger partial charge is 0.230 e. The van der Waals surface area contributed by atoms with E-state index in [4.69, 9.17) is 37.4 Å². The van der Waals surface area contributed by atoms with Gasteiger partial charge in [-0.1, -0.05) is 29.3 Å². The number of ether oxygens (including phenoxy) is 3. The first-order valence-electron chi connectivity index (χ1n) is 10.1. The van der Waals surface area contributed by atoms with Gasteiger partial charge in [0.1, 0.15) is 0 Å². The summed E-state index contributed by atoms with van der Waals surface area (Å²) in [6.45, 7) is 1.08. The predicted molar refractivity (Wildman–Crippen MR) is 121 cm³/mol. The third-order valence-electron chi connectivity index (χ3n) is 5.64. The molecule has 2 unspecified atom stereocenters. The first-order valence-corrected chi connectivity index (χ1v) is 10.8. The Kier molecular flexibility index (Phi) is 7.92. The Bertz CT molecular complexity index is 911. The number of likely N-dealkylation sites (tertiary alicyclic amines) is 1. The van der Waals surface area contributed by atoms with Crippen LogP contribution in [0.25, 0.3) is 0 Å². The monoisotopic (exact) mass is 467 g/mol. The van der Waals surface area contributed by atoms with Crippen LogP contribution in [0.5, 0.6) is 17.2 Å². The molecule has 168 valence electrons. The van der Waals surface area contributed by atoms with Crippen LogP contribution in [0.4, 0.5) is 0 Å². The van der Waals surface area contributed by atoms with Crippen LogP contribution >= 0.6 is 23.2 Å². The van der Waals surface area contributed by atoms with Crippen molar-refractivity contribution >= 4 is 29.1 Å². The van der Waals surface area contributed by atoms with E-state index >= 15 is 0 Å². The topological polar surface area (TPSA) is 68.2 Å². The van der Waals surface area contributed by atoms with Crippen molar-refractivity contribution in [2.45, 2.75) is 25.3 Å². The zero-order valence-corrected chi connectivity index (χ0v) is 19.4. The molecule has 1 N–H and O–H groups in total. The van der Waals surface area contributed by atoms with Gasteiger partial charge in [0.25, 0.3) is 0 Å². The minimum absolute atomic E-state index is 0.0232. The molecular weight excluding hydrogens is 441 g/mol. The highest BCUT2D eigenvalue weighted by Gasteiger charge is 2.41. The number of halogens is 2. The Balaban J connectivity index is 1.90. The molecule has 2 aromatic carbocycles. The minimum atomic E-state index is -0.330. The second kappa shape index (κ2) is 10.4. The Hall–Kier alpha value is -2.15. The number of rotatable bonds is 9. The maximum Gasteiger partial charge on any atom is 0.230 e. The average molecular weight is 468 g/mol. The van der Waals surface area contributed by atoms with E-state index in [1.165, 1.54) is 0 Å². The quantitative estimate of drug-likeness (QED) is 0.586. The normalized spacial score (nSPS) is 18.4. The van der Waals surface area contributed by atoms with Crippen LogP contribution in [0.2, 0.25) is 10.0 Å². The first-order chi connectivity index (χ1) is 14.9. The van der Waals surface area contributed by atoms with E-state index in [0.717, 1.165) is 17.5 Å². The van der Waals surface area contributed by atoms with Crippen molar-refractivity contribution in [2.24, 2.45) is 5.92 Å². The van der Waals surface area contributed by atoms with Gasteiger partial charge in [0.05, 0.1) is 37.3 Å². The van der Waals surface area contributed by atoms with Crippen molar-refractivity contribution in [3.8, 4) is 17.2 Å². The van der Waals surface area contributed by atoms with Crippen LogP contribution in [-0.2, 0) is 11.3 Å². The molecule has 1 aliphatic heterocycles. The van der Waals surface area contributed by atoms with Gasteiger partial charge in [0, 0.05) is 19.7 Å². The van der Waals surface area contributed by atoms with Crippen LogP contribution in [0.1, 0.15) is 29.9 Å². The zero-order valence-electron chi connectivity index (χ0n) is 17.9. The fourth-order valence-corrected chi connectivity index (χ4v) is 4.50. The summed E-state index contributed by atoms with van der Waals surface area (Å²) in [5.41, 5.74) is 1.72. The molecule has 2 aromatic rings. The number of carbonyl (C=O) groups excluding carboxylic acids is 1. The molecular formula is C23H27Cl2NO5. The number of hydrogen-bond donors (Lipinski definition) is 1. The van der Waals surface area contributed by atoms with Gasteiger partial charge in [-0.25, -0.2) is 0 Å². The lowest BCUT2D eigenvalue weighted by molar-refractivity contribution is -0.129. The molecule has 1 saturated heterocycles. The SMILES string of the molecule is COc1cc(CN2CC(CCCO)C(c3ccc(Cl)c(Cl)c3)C2=O)cc(OC)c1OC. The largest absolute Gasteiger partial charge is 0.493 e. The number of methoxy groups -OCH3 is 3. The summed E-state index contributed by atoms with van der Waals surface area (Å²) in [6, 6.07) is 9.04. The van der Waals surface area contributed by atoms with Gasteiger partial charge < -0.3 is 24.2 Å². The maximum absolute atomic E-state index is 13.4. The molecule has 8 heteroatoms. The number of aliphatic hydroxyl groups is 1. The number of carbonyl (C=O) groups is 1. The molecule has 6 nitrogen and oxygen atoms in total. The molecule has 0 bridgehead atoms. The molecule has 0 aliphatic carbocycles. The third-order valence-corrected chi connectivity index (χ3v) is 6.38. The summed E-state index contributed by atoms with van der Waals surface area (Å²) in [5, 5.41) is 10.2. The van der Waals surface area contributed by atoms with E-state index in [1.807, 2.05) is 23.1 Å². The van der Waals surface area contributed by atoms with Gasteiger partial charge in [0.2, 0.25) is 11.7 Å². The second-order valence-electron chi connectivity index (χ2n) is 7.53. The zero-order chi connectivity index (χ0) is 22.5. The standard InChI is InChI=1S/C23H27Cl2NO5/c1-29-19-9-14(10-20(30-2)22(19)31-3)12-26-13-16(5-4-8-27)21(23(26)28)15-6-7-17(24)18(25)11-15/h6-7,9-11,16,21,27H,4-5,8,12-13H2,1-3H3. The van der Waals surface area contributed by atoms with E-state index < -0.39 is 0 Å². The maximum atomic E-state index is 13.4. The highest BCUT2D eigenvalue weighted by Crippen LogP contribution is 2.41. The highest BCUT2D eigenvalue weighted by molar-refractivity contribution is 6.42. The van der Waals surface area contributed by atoms with Gasteiger partial charge in [-0.2, -0.15) is 0 Å². The molecule has 1 aliphatic rings. The first kappa shape index (κ1) is 23.5. The molecule has 0 aromatic heterocycles. The molecule has 0 spiro atoms. The van der Waals surface area contributed by atoms with Crippen molar-refractivity contribution < 1.29 is 24.1 Å². The summed E-state index contributed by atoms with van der Waals surface area (Å²) in [4.78, 5) is 15.2. The number of benzene rings is 2. The summed E-state index contributed by atoms with van der Waals surface area (Å²) in [5.74, 6) is 1.36. The van der Waals surface area contributed by atoms with Crippen molar-refractivity contribution in [3.63, 3.8) is 0 Å². The number of aliphatic hydroxyl groups excluding tert-OH is 1. The van der Waals surface area contributed by atoms with Gasteiger partial charge in [-0.15, -0.1) is 0 Å². The number of amides is 1. The predicted octanol–water partition coefficient (Wildman–Crippen LogP) is 4.53. The van der Waals surface area contributed by atoms with E-state index in [2.05, 4.69) is 0 Å². The minimum Gasteiger partial charge on any atom is -0.493 e. The van der Waals surface area contributed by atoms with Crippen LogP contribution in [0.15, 0.2) is 30.3 Å². The molecule has 1 fully saturated rings. The molecule has 0 saturated carbocycles. The van der Waals surface area contributed by atoms with Crippen molar-refractivity contribution in [2.75, 3.05) is 34.5 Å². The fourth-order valence-electron chi connectivity index (χ4n) is 4.20. The average Bonchev–Trinajstić information content (AvgIpc) is 3.08. The van der Waals surface area contributed by atoms with Crippen molar-refractivity contribution in [1.29, 1.82) is 0 Å². The van der Waals surface area contributed by atoms with E-state index in [0.29, 0.717) is 46.8 Å². The van der Waals surface area contributed by atoms with Gasteiger partial charge >= 0.3 is 0 Å². The molecule has 2 atom stereocenters. The van der Waals surface area contributed by atoms with Crippen LogP contribution < -0.4 is 14.2 Å². The van der Waals surface area contributed by atoms with E-state index in [9.17, 15) is 9.90 Å². The van der Waals surface area contributed by atoms with E-state index in [1.54, 1.807) is 33.5 Å². The van der Waals surface area contributed by atoms with Crippen LogP contribution in [0, 0.1) is 5.92 Å². The highest BCUT2D eigenvalue weighted by atomic mass is 35.5. The van der Waals surface area contributed by atoms with Crippen molar-refractivity contribution in [1.82, 2.24) is 4.90 Å². The van der Waals surface area contributed by atoms with Gasteiger partial charge in [0.15, 0.2) is 11.5 Å². The third kappa shape index (κ3) is 5.03. The van der Waals surface area contributed by atoms with E-state index in [-0.39, 0.29) is 24.3 Å². The molecule has 3 rings (SSSR count). The molecule has 1 heterocycles. The van der Waals surface area contributed by atoms with Gasteiger partial charge in [-0.3, -0.25) is 4.79 Å². The lowest BCUT2D eigenvalue weighted by Gasteiger charge is -2.19. The number of hydrogen-bond acceptors (Lipinski definition) is 5. The molecule has 0 radical (unpaired) electrons. The lowest BCUT2D eigenvalue weighted by atomic mass is 9.85. The number of nitrogens with zero attached hydrogens (tertiary/aromatic N) is 1. The summed E-state index contributed by atoms with van der Waals surface area (Å²) >= 11 is 12.3. The Morgan fingerprint density at radius 3 is 2.26 bits per heavy atom. The Morgan fingerprint density at radius 2 is 1.71 bits per heavy atom. The Labute approximate surface area is 192 Å². The summed E-state index contributed by atoms with van der Waals surface area (Å²) < 4.78 is 16.3. The van der Waals surface area contributed by atoms with Crippen LogP contribution in [0.3, 0.4) is 0 Å². The van der Waals surface area contributed by atoms with Gasteiger partial charge in [-0.05, 0) is 54.2 Å². The Morgan fingerprint density at radius 1 is 1.03 bits per heavy atom. The fraction of sp³-hybridized carbons (Fsp3) is 0.435. The summed E-state index contributed by atoms with van der Waals surface area (Å²) in [7, 11) is 4.68. The van der Waals surface area contributed by atoms with Crippen molar-refractivity contribution in [3.05, 3.63) is 51.5 Å².